The molecule has 0 N–H and O–H groups in total. The van der Waals surface area contributed by atoms with Crippen LogP contribution in [0.5, 0.6) is 0 Å². The zero-order chi connectivity index (χ0) is 51.4. The molecule has 1 unspecified atom stereocenters. The van der Waals surface area contributed by atoms with Gasteiger partial charge in [0.05, 0.1) is 0 Å². The fourth-order valence-corrected chi connectivity index (χ4v) is 9.46. The zero-order valence-electron chi connectivity index (χ0n) is 47.8. The molecule has 6 heteroatoms. The Morgan fingerprint density at radius 1 is 0.296 bits per heavy atom. The minimum atomic E-state index is -0.773. The fraction of sp³-hybridized carbons (Fsp3) is 0.862. The van der Waals surface area contributed by atoms with Crippen molar-refractivity contribution in [2.45, 2.75) is 348 Å². The maximum absolute atomic E-state index is 12.8. The third-order valence-corrected chi connectivity index (χ3v) is 14.2. The maximum Gasteiger partial charge on any atom is 0.306 e. The van der Waals surface area contributed by atoms with Gasteiger partial charge in [-0.25, -0.2) is 0 Å². The summed E-state index contributed by atoms with van der Waals surface area (Å²) in [4.78, 5) is 38.1. The van der Waals surface area contributed by atoms with E-state index >= 15 is 0 Å². The first-order valence-electron chi connectivity index (χ1n) is 31.5. The van der Waals surface area contributed by atoms with Crippen molar-refractivity contribution in [3.05, 3.63) is 36.5 Å². The summed E-state index contributed by atoms with van der Waals surface area (Å²) in [5.74, 6) is -0.864. The van der Waals surface area contributed by atoms with Crippen LogP contribution < -0.4 is 0 Å². The first-order valence-corrected chi connectivity index (χ1v) is 31.5. The largest absolute Gasteiger partial charge is 0.462 e. The van der Waals surface area contributed by atoms with Gasteiger partial charge in [0.25, 0.3) is 0 Å². The van der Waals surface area contributed by atoms with Crippen molar-refractivity contribution in [1.82, 2.24) is 0 Å². The number of rotatable bonds is 58. The van der Waals surface area contributed by atoms with Crippen molar-refractivity contribution in [1.29, 1.82) is 0 Å². The van der Waals surface area contributed by atoms with E-state index in [1.807, 2.05) is 0 Å². The molecule has 0 aliphatic carbocycles. The Kier molecular flexibility index (Phi) is 58.2. The summed E-state index contributed by atoms with van der Waals surface area (Å²) < 4.78 is 16.9. The van der Waals surface area contributed by atoms with E-state index < -0.39 is 6.10 Å². The van der Waals surface area contributed by atoms with Gasteiger partial charge in [0.1, 0.15) is 13.2 Å². The zero-order valence-corrected chi connectivity index (χ0v) is 47.8. The number of esters is 3. The van der Waals surface area contributed by atoms with E-state index in [-0.39, 0.29) is 31.1 Å². The molecule has 71 heavy (non-hydrogen) atoms. The van der Waals surface area contributed by atoms with Crippen LogP contribution in [0.25, 0.3) is 0 Å². The van der Waals surface area contributed by atoms with Crippen LogP contribution in [-0.2, 0) is 28.6 Å². The quantitative estimate of drug-likeness (QED) is 0.0261. The van der Waals surface area contributed by atoms with Crippen LogP contribution in [0.2, 0.25) is 0 Å². The lowest BCUT2D eigenvalue weighted by molar-refractivity contribution is -0.167. The van der Waals surface area contributed by atoms with Crippen molar-refractivity contribution >= 4 is 17.9 Å². The second-order valence-electron chi connectivity index (χ2n) is 21.3. The van der Waals surface area contributed by atoms with Crippen LogP contribution in [0.1, 0.15) is 342 Å². The third-order valence-electron chi connectivity index (χ3n) is 14.2. The molecule has 0 aliphatic heterocycles. The molecule has 0 amide bonds. The van der Waals surface area contributed by atoms with Gasteiger partial charge < -0.3 is 14.2 Å². The molecule has 0 saturated heterocycles. The number of hydrogen-bond acceptors (Lipinski definition) is 6. The smallest absolute Gasteiger partial charge is 0.306 e. The standard InChI is InChI=1S/C65H120O6/c1-4-7-10-13-16-19-21-23-25-27-28-29-30-31-32-33-34-35-36-38-39-41-43-46-49-52-55-58-64(67)70-61-62(60-69-63(66)57-54-51-48-45-18-15-12-9-6-3)71-65(68)59-56-53-50-47-44-42-40-37-26-24-22-20-17-14-11-8-5-2/h8,11,17,20,24,26,62H,4-7,9-10,12-16,18-19,21-23,25,27-61H2,1-3H3/b11-8-,20-17-,26-24-. The molecule has 0 fully saturated rings. The Hall–Kier alpha value is -2.37. The predicted octanol–water partition coefficient (Wildman–Crippen LogP) is 21.2. The summed E-state index contributed by atoms with van der Waals surface area (Å²) in [5, 5.41) is 0. The monoisotopic (exact) mass is 997 g/mol. The highest BCUT2D eigenvalue weighted by atomic mass is 16.6. The van der Waals surface area contributed by atoms with Crippen LogP contribution in [0, 0.1) is 0 Å². The van der Waals surface area contributed by atoms with Gasteiger partial charge in [-0.1, -0.05) is 308 Å². The highest BCUT2D eigenvalue weighted by molar-refractivity contribution is 5.71. The van der Waals surface area contributed by atoms with Gasteiger partial charge in [-0.15, -0.1) is 0 Å². The molecule has 0 saturated carbocycles. The number of ether oxygens (including phenoxy) is 3. The number of allylic oxidation sites excluding steroid dienone is 6. The molecule has 0 aromatic rings. The Morgan fingerprint density at radius 3 is 0.859 bits per heavy atom. The number of carbonyl (C=O) groups is 3. The first-order chi connectivity index (χ1) is 35.0. The molecular weight excluding hydrogens is 877 g/mol. The Bertz CT molecular complexity index is 1190. The lowest BCUT2D eigenvalue weighted by atomic mass is 10.0. The topological polar surface area (TPSA) is 78.9 Å². The molecular formula is C65H120O6. The van der Waals surface area contributed by atoms with Crippen LogP contribution in [-0.4, -0.2) is 37.2 Å². The Balaban J connectivity index is 4.11. The van der Waals surface area contributed by atoms with Crippen LogP contribution >= 0.6 is 0 Å². The van der Waals surface area contributed by atoms with Gasteiger partial charge in [0.2, 0.25) is 0 Å². The van der Waals surface area contributed by atoms with E-state index in [9.17, 15) is 14.4 Å². The first kappa shape index (κ1) is 68.6. The van der Waals surface area contributed by atoms with Crippen molar-refractivity contribution in [3.63, 3.8) is 0 Å². The molecule has 6 nitrogen and oxygen atoms in total. The van der Waals surface area contributed by atoms with Gasteiger partial charge >= 0.3 is 17.9 Å². The van der Waals surface area contributed by atoms with Crippen molar-refractivity contribution in [2.24, 2.45) is 0 Å². The van der Waals surface area contributed by atoms with Gasteiger partial charge in [-0.05, 0) is 51.4 Å². The van der Waals surface area contributed by atoms with Gasteiger partial charge in [0.15, 0.2) is 6.10 Å². The summed E-state index contributed by atoms with van der Waals surface area (Å²) in [6, 6.07) is 0. The van der Waals surface area contributed by atoms with E-state index in [0.717, 1.165) is 83.5 Å². The average Bonchev–Trinajstić information content (AvgIpc) is 3.37. The molecule has 0 spiro atoms. The number of hydrogen-bond donors (Lipinski definition) is 0. The fourth-order valence-electron chi connectivity index (χ4n) is 9.46. The lowest BCUT2D eigenvalue weighted by Crippen LogP contribution is -2.30. The molecule has 0 aliphatic rings. The van der Waals surface area contributed by atoms with Crippen LogP contribution in [0.15, 0.2) is 36.5 Å². The van der Waals surface area contributed by atoms with Crippen molar-refractivity contribution in [2.75, 3.05) is 13.2 Å². The third kappa shape index (κ3) is 58.4. The van der Waals surface area contributed by atoms with Gasteiger partial charge in [-0.3, -0.25) is 14.4 Å². The van der Waals surface area contributed by atoms with E-state index in [2.05, 4.69) is 57.2 Å². The van der Waals surface area contributed by atoms with E-state index in [0.29, 0.717) is 19.3 Å². The number of carbonyl (C=O) groups excluding carboxylic acids is 3. The van der Waals surface area contributed by atoms with Crippen molar-refractivity contribution < 1.29 is 28.6 Å². The van der Waals surface area contributed by atoms with Gasteiger partial charge in [-0.2, -0.15) is 0 Å². The molecule has 0 rings (SSSR count). The summed E-state index contributed by atoms with van der Waals surface area (Å²) >= 11 is 0. The SMILES string of the molecule is CC/C=C\C/C=C\C/C=C\CCCCCCCCCC(=O)OC(COC(=O)CCCCCCCCCCC)COC(=O)CCCCCCCCCCCCCCCCCCCCCCCCCCCCC. The Morgan fingerprint density at radius 2 is 0.549 bits per heavy atom. The Labute approximate surface area is 442 Å². The summed E-state index contributed by atoms with van der Waals surface area (Å²) in [7, 11) is 0. The molecule has 0 bridgehead atoms. The average molecular weight is 998 g/mol. The lowest BCUT2D eigenvalue weighted by Gasteiger charge is -2.18. The van der Waals surface area contributed by atoms with E-state index in [1.54, 1.807) is 0 Å². The minimum absolute atomic E-state index is 0.0715. The van der Waals surface area contributed by atoms with E-state index in [1.165, 1.54) is 218 Å². The second kappa shape index (κ2) is 60.2. The van der Waals surface area contributed by atoms with Crippen molar-refractivity contribution in [3.8, 4) is 0 Å². The van der Waals surface area contributed by atoms with Crippen LogP contribution in [0.3, 0.4) is 0 Å². The number of unbranched alkanes of at least 4 members (excludes halogenated alkanes) is 41. The predicted molar refractivity (Wildman–Crippen MR) is 307 cm³/mol. The summed E-state index contributed by atoms with van der Waals surface area (Å²) in [5.41, 5.74) is 0. The second-order valence-corrected chi connectivity index (χ2v) is 21.3. The summed E-state index contributed by atoms with van der Waals surface area (Å²) in [6.07, 6.45) is 73.2. The molecule has 416 valence electrons. The molecule has 0 radical (unpaired) electrons. The highest BCUT2D eigenvalue weighted by Crippen LogP contribution is 2.18. The van der Waals surface area contributed by atoms with E-state index in [4.69, 9.17) is 14.2 Å². The highest BCUT2D eigenvalue weighted by Gasteiger charge is 2.19. The maximum atomic E-state index is 12.8. The van der Waals surface area contributed by atoms with Crippen LogP contribution in [0.4, 0.5) is 0 Å². The normalized spacial score (nSPS) is 12.2. The van der Waals surface area contributed by atoms with Gasteiger partial charge in [0, 0.05) is 19.3 Å². The molecule has 0 heterocycles. The summed E-state index contributed by atoms with van der Waals surface area (Å²) in [6.45, 7) is 6.55. The molecule has 1 atom stereocenters. The minimum Gasteiger partial charge on any atom is -0.462 e. The molecule has 0 aromatic carbocycles. The molecule has 0 aromatic heterocycles.